The standard InChI is InChI=1S/C30H27F2N5O3/c1-35-17-22(16-33-35)20-11-12-25-26(14-20)37(18-21-6-2-3-9-27(21)40-30(31)32)28(34-25)19-39-24-8-4-7-23(15-24)36-13-5-10-29(36)38/h2-4,6-9,11-12,14-17,30H,5,10,13,18-19H2,1H3. The van der Waals surface area contributed by atoms with Gasteiger partial charge in [0.1, 0.15) is 23.9 Å². The number of carbonyl (C=O) groups excluding carboxylic acids is 1. The van der Waals surface area contributed by atoms with Crippen molar-refractivity contribution < 1.29 is 23.0 Å². The van der Waals surface area contributed by atoms with E-state index in [2.05, 4.69) is 5.10 Å². The van der Waals surface area contributed by atoms with Gasteiger partial charge in [-0.25, -0.2) is 4.98 Å². The number of alkyl halides is 2. The number of halogens is 2. The average Bonchev–Trinajstić information content (AvgIpc) is 3.67. The van der Waals surface area contributed by atoms with Gasteiger partial charge in [0, 0.05) is 49.1 Å². The largest absolute Gasteiger partial charge is 0.486 e. The summed E-state index contributed by atoms with van der Waals surface area (Å²) >= 11 is 0. The van der Waals surface area contributed by atoms with E-state index < -0.39 is 6.61 Å². The fourth-order valence-corrected chi connectivity index (χ4v) is 5.04. The second kappa shape index (κ2) is 10.8. The lowest BCUT2D eigenvalue weighted by Gasteiger charge is -2.17. The molecule has 1 amide bonds. The molecule has 2 aromatic heterocycles. The highest BCUT2D eigenvalue weighted by Gasteiger charge is 2.22. The van der Waals surface area contributed by atoms with E-state index in [9.17, 15) is 13.6 Å². The van der Waals surface area contributed by atoms with Gasteiger partial charge in [0.05, 0.1) is 23.8 Å². The van der Waals surface area contributed by atoms with Crippen molar-refractivity contribution in [3.8, 4) is 22.6 Å². The molecule has 10 heteroatoms. The highest BCUT2D eigenvalue weighted by molar-refractivity contribution is 5.95. The zero-order valence-corrected chi connectivity index (χ0v) is 21.8. The zero-order valence-electron chi connectivity index (χ0n) is 21.8. The minimum absolute atomic E-state index is 0.105. The molecule has 0 N–H and O–H groups in total. The quantitative estimate of drug-likeness (QED) is 0.235. The number of aryl methyl sites for hydroxylation is 1. The Hall–Kier alpha value is -4.73. The molecule has 1 saturated heterocycles. The van der Waals surface area contributed by atoms with E-state index in [1.165, 1.54) is 6.07 Å². The first-order valence-corrected chi connectivity index (χ1v) is 13.0. The van der Waals surface area contributed by atoms with Crippen molar-refractivity contribution in [1.82, 2.24) is 19.3 Å². The van der Waals surface area contributed by atoms with Crippen LogP contribution in [0.2, 0.25) is 0 Å². The van der Waals surface area contributed by atoms with E-state index in [0.29, 0.717) is 30.1 Å². The first kappa shape index (κ1) is 25.5. The predicted molar refractivity (Wildman–Crippen MR) is 146 cm³/mol. The molecular formula is C30H27F2N5O3. The number of anilines is 1. The molecule has 40 heavy (non-hydrogen) atoms. The summed E-state index contributed by atoms with van der Waals surface area (Å²) in [6.07, 6.45) is 5.10. The molecule has 0 saturated carbocycles. The number of para-hydroxylation sites is 1. The van der Waals surface area contributed by atoms with Crippen LogP contribution in [-0.4, -0.2) is 38.4 Å². The first-order chi connectivity index (χ1) is 19.4. The summed E-state index contributed by atoms with van der Waals surface area (Å²) in [4.78, 5) is 18.8. The molecule has 0 radical (unpaired) electrons. The maximum atomic E-state index is 13.1. The smallest absolute Gasteiger partial charge is 0.387 e. The van der Waals surface area contributed by atoms with Crippen LogP contribution in [0, 0.1) is 0 Å². The third-order valence-electron chi connectivity index (χ3n) is 6.95. The van der Waals surface area contributed by atoms with Crippen LogP contribution >= 0.6 is 0 Å². The van der Waals surface area contributed by atoms with Crippen LogP contribution in [0.5, 0.6) is 11.5 Å². The first-order valence-electron chi connectivity index (χ1n) is 13.0. The Labute approximate surface area is 229 Å². The van der Waals surface area contributed by atoms with Crippen molar-refractivity contribution in [1.29, 1.82) is 0 Å². The SMILES string of the molecule is Cn1cc(-c2ccc3nc(COc4cccc(N5CCCC5=O)c4)n(Cc4ccccc4OC(F)F)c3c2)cn1. The molecule has 3 aromatic carbocycles. The number of aromatic nitrogens is 4. The van der Waals surface area contributed by atoms with Crippen molar-refractivity contribution in [3.05, 3.63) is 90.5 Å². The van der Waals surface area contributed by atoms with Gasteiger partial charge in [-0.05, 0) is 42.3 Å². The molecule has 5 aromatic rings. The van der Waals surface area contributed by atoms with Crippen molar-refractivity contribution in [2.45, 2.75) is 32.6 Å². The van der Waals surface area contributed by atoms with Gasteiger partial charge in [0.15, 0.2) is 0 Å². The van der Waals surface area contributed by atoms with E-state index in [-0.39, 0.29) is 24.8 Å². The summed E-state index contributed by atoms with van der Waals surface area (Å²) in [5, 5.41) is 4.27. The van der Waals surface area contributed by atoms with Crippen LogP contribution in [0.15, 0.2) is 79.1 Å². The summed E-state index contributed by atoms with van der Waals surface area (Å²) in [7, 11) is 1.86. The Morgan fingerprint density at radius 1 is 1.02 bits per heavy atom. The fourth-order valence-electron chi connectivity index (χ4n) is 5.04. The number of imidazole rings is 1. The Bertz CT molecular complexity index is 1680. The van der Waals surface area contributed by atoms with Crippen molar-refractivity contribution in [3.63, 3.8) is 0 Å². The molecule has 0 spiro atoms. The average molecular weight is 544 g/mol. The molecule has 3 heterocycles. The van der Waals surface area contributed by atoms with Crippen LogP contribution < -0.4 is 14.4 Å². The van der Waals surface area contributed by atoms with Crippen LogP contribution in [0.25, 0.3) is 22.2 Å². The summed E-state index contributed by atoms with van der Waals surface area (Å²) in [6, 6.07) is 20.1. The lowest BCUT2D eigenvalue weighted by molar-refractivity contribution is -0.117. The van der Waals surface area contributed by atoms with Crippen molar-refractivity contribution in [2.24, 2.45) is 7.05 Å². The summed E-state index contributed by atoms with van der Waals surface area (Å²) < 4.78 is 40.9. The Morgan fingerprint density at radius 3 is 2.67 bits per heavy atom. The van der Waals surface area contributed by atoms with E-state index in [1.807, 2.05) is 60.3 Å². The zero-order chi connectivity index (χ0) is 27.6. The molecule has 204 valence electrons. The molecule has 0 aliphatic carbocycles. The second-order valence-corrected chi connectivity index (χ2v) is 9.64. The predicted octanol–water partition coefficient (Wildman–Crippen LogP) is 5.79. The number of hydrogen-bond acceptors (Lipinski definition) is 5. The van der Waals surface area contributed by atoms with Gasteiger partial charge in [-0.15, -0.1) is 0 Å². The van der Waals surface area contributed by atoms with Gasteiger partial charge in [-0.3, -0.25) is 9.48 Å². The van der Waals surface area contributed by atoms with E-state index in [0.717, 1.165) is 34.3 Å². The number of fused-ring (bicyclic) bond motifs is 1. The van der Waals surface area contributed by atoms with E-state index >= 15 is 0 Å². The van der Waals surface area contributed by atoms with Crippen LogP contribution in [-0.2, 0) is 25.0 Å². The highest BCUT2D eigenvalue weighted by Crippen LogP contribution is 2.30. The van der Waals surface area contributed by atoms with Crippen LogP contribution in [0.3, 0.4) is 0 Å². The number of ether oxygens (including phenoxy) is 2. The maximum absolute atomic E-state index is 13.1. The number of amides is 1. The summed E-state index contributed by atoms with van der Waals surface area (Å²) in [5.41, 5.74) is 4.86. The summed E-state index contributed by atoms with van der Waals surface area (Å²) in [5.74, 6) is 1.44. The van der Waals surface area contributed by atoms with Gasteiger partial charge in [-0.1, -0.05) is 30.3 Å². The molecule has 6 rings (SSSR count). The topological polar surface area (TPSA) is 74.4 Å². The lowest BCUT2D eigenvalue weighted by Crippen LogP contribution is -2.23. The molecule has 0 bridgehead atoms. The monoisotopic (exact) mass is 543 g/mol. The van der Waals surface area contributed by atoms with Gasteiger partial charge < -0.3 is 18.9 Å². The van der Waals surface area contributed by atoms with Crippen LogP contribution in [0.1, 0.15) is 24.2 Å². The van der Waals surface area contributed by atoms with Gasteiger partial charge in [0.2, 0.25) is 5.91 Å². The van der Waals surface area contributed by atoms with Crippen molar-refractivity contribution >= 4 is 22.6 Å². The Kier molecular flexibility index (Phi) is 6.90. The molecule has 8 nitrogen and oxygen atoms in total. The third kappa shape index (κ3) is 5.25. The minimum atomic E-state index is -2.93. The lowest BCUT2D eigenvalue weighted by atomic mass is 10.1. The molecule has 1 fully saturated rings. The number of hydrogen-bond donors (Lipinski definition) is 0. The molecule has 0 unspecified atom stereocenters. The third-order valence-corrected chi connectivity index (χ3v) is 6.95. The van der Waals surface area contributed by atoms with Gasteiger partial charge >= 0.3 is 6.61 Å². The molecule has 1 aliphatic heterocycles. The van der Waals surface area contributed by atoms with Crippen molar-refractivity contribution in [2.75, 3.05) is 11.4 Å². The van der Waals surface area contributed by atoms with Crippen LogP contribution in [0.4, 0.5) is 14.5 Å². The Morgan fingerprint density at radius 2 is 1.90 bits per heavy atom. The second-order valence-electron chi connectivity index (χ2n) is 9.64. The van der Waals surface area contributed by atoms with Gasteiger partial charge in [0.25, 0.3) is 0 Å². The molecular weight excluding hydrogens is 516 g/mol. The molecule has 0 atom stereocenters. The number of carbonyl (C=O) groups is 1. The van der Waals surface area contributed by atoms with Gasteiger partial charge in [-0.2, -0.15) is 13.9 Å². The number of rotatable bonds is 9. The fraction of sp³-hybridized carbons (Fsp3) is 0.233. The van der Waals surface area contributed by atoms with E-state index in [4.69, 9.17) is 14.5 Å². The minimum Gasteiger partial charge on any atom is -0.486 e. The maximum Gasteiger partial charge on any atom is 0.387 e. The summed E-state index contributed by atoms with van der Waals surface area (Å²) in [6.45, 7) is -1.86. The van der Waals surface area contributed by atoms with E-state index in [1.54, 1.807) is 34.0 Å². The number of nitrogens with zero attached hydrogens (tertiary/aromatic N) is 5. The highest BCUT2D eigenvalue weighted by atomic mass is 19.3. The normalized spacial score (nSPS) is 13.5. The molecule has 1 aliphatic rings. The number of benzene rings is 3. The Balaban J connectivity index is 1.36.